The van der Waals surface area contributed by atoms with Crippen molar-refractivity contribution in [3.63, 3.8) is 0 Å². The third-order valence-corrected chi connectivity index (χ3v) is 4.29. The van der Waals surface area contributed by atoms with Crippen molar-refractivity contribution in [2.24, 2.45) is 0 Å². The van der Waals surface area contributed by atoms with Gasteiger partial charge >= 0.3 is 6.18 Å². The maximum atomic E-state index is 14.3. The van der Waals surface area contributed by atoms with Crippen molar-refractivity contribution < 1.29 is 22.3 Å². The van der Waals surface area contributed by atoms with E-state index in [1.54, 1.807) is 0 Å². The zero-order valence-corrected chi connectivity index (χ0v) is 13.5. The first kappa shape index (κ1) is 17.5. The summed E-state index contributed by atoms with van der Waals surface area (Å²) >= 11 is 5.97. The number of nitriles is 1. The highest BCUT2D eigenvalue weighted by Crippen LogP contribution is 2.37. The van der Waals surface area contributed by atoms with Crippen molar-refractivity contribution in [3.8, 4) is 17.5 Å². The molecule has 0 N–H and O–H groups in total. The van der Waals surface area contributed by atoms with Crippen LogP contribution in [0.5, 0.6) is 5.75 Å². The zero-order chi connectivity index (χ0) is 18.2. The van der Waals surface area contributed by atoms with E-state index in [1.807, 2.05) is 0 Å². The largest absolute Gasteiger partial charge is 0.489 e. The van der Waals surface area contributed by atoms with Crippen molar-refractivity contribution >= 4 is 11.6 Å². The van der Waals surface area contributed by atoms with E-state index in [-0.39, 0.29) is 16.9 Å². The molecule has 1 aromatic heterocycles. The van der Waals surface area contributed by atoms with Gasteiger partial charge < -0.3 is 4.74 Å². The third-order valence-electron chi connectivity index (χ3n) is 4.00. The highest BCUT2D eigenvalue weighted by atomic mass is 35.5. The topological polar surface area (TPSA) is 50.8 Å². The van der Waals surface area contributed by atoms with Gasteiger partial charge in [0.15, 0.2) is 11.4 Å². The van der Waals surface area contributed by atoms with Gasteiger partial charge in [-0.3, -0.25) is 4.57 Å². The van der Waals surface area contributed by atoms with Crippen LogP contribution >= 0.6 is 11.6 Å². The van der Waals surface area contributed by atoms with E-state index in [4.69, 9.17) is 21.6 Å². The average Bonchev–Trinajstić information content (AvgIpc) is 3.18. The lowest BCUT2D eigenvalue weighted by Gasteiger charge is -2.17. The summed E-state index contributed by atoms with van der Waals surface area (Å²) in [5.41, 5.74) is -2.61. The highest BCUT2D eigenvalue weighted by molar-refractivity contribution is 6.32. The van der Waals surface area contributed by atoms with Crippen LogP contribution < -0.4 is 4.74 Å². The van der Waals surface area contributed by atoms with Gasteiger partial charge in [-0.15, -0.1) is 0 Å². The van der Waals surface area contributed by atoms with E-state index >= 15 is 0 Å². The Labute approximate surface area is 145 Å². The quantitative estimate of drug-likeness (QED) is 0.721. The molecular formula is C16H12ClF4N3O. The van der Waals surface area contributed by atoms with Crippen molar-refractivity contribution in [3.05, 3.63) is 40.7 Å². The molecule has 0 bridgehead atoms. The summed E-state index contributed by atoms with van der Waals surface area (Å²) in [6.45, 7) is 0. The number of rotatable bonds is 3. The maximum absolute atomic E-state index is 14.3. The Bertz CT molecular complexity index is 835. The maximum Gasteiger partial charge on any atom is 0.434 e. The van der Waals surface area contributed by atoms with Crippen LogP contribution in [0.4, 0.5) is 17.6 Å². The summed E-state index contributed by atoms with van der Waals surface area (Å²) in [5, 5.41) is 8.81. The normalized spacial score (nSPS) is 15.4. The molecule has 4 nitrogen and oxygen atoms in total. The summed E-state index contributed by atoms with van der Waals surface area (Å²) in [7, 11) is 0. The molecule has 1 aromatic carbocycles. The van der Waals surface area contributed by atoms with Crippen LogP contribution in [0.3, 0.4) is 0 Å². The molecule has 0 amide bonds. The molecular weight excluding hydrogens is 362 g/mol. The first-order chi connectivity index (χ1) is 11.8. The molecule has 0 radical (unpaired) electrons. The van der Waals surface area contributed by atoms with Gasteiger partial charge in [0, 0.05) is 6.07 Å². The van der Waals surface area contributed by atoms with Gasteiger partial charge in [0.1, 0.15) is 24.0 Å². The van der Waals surface area contributed by atoms with Crippen molar-refractivity contribution in [1.29, 1.82) is 5.26 Å². The second-order valence-electron chi connectivity index (χ2n) is 5.68. The fraction of sp³-hybridized carbons (Fsp3) is 0.375. The lowest BCUT2D eigenvalue weighted by molar-refractivity contribution is -0.142. The zero-order valence-electron chi connectivity index (χ0n) is 12.8. The fourth-order valence-electron chi connectivity index (χ4n) is 2.86. The number of halogens is 5. The lowest BCUT2D eigenvalue weighted by Crippen LogP contribution is -2.15. The van der Waals surface area contributed by atoms with Crippen LogP contribution in [0.15, 0.2) is 18.5 Å². The lowest BCUT2D eigenvalue weighted by atomic mass is 10.2. The number of alkyl halides is 3. The van der Waals surface area contributed by atoms with Crippen LogP contribution in [0.25, 0.3) is 5.69 Å². The Kier molecular flexibility index (Phi) is 4.60. The molecule has 25 heavy (non-hydrogen) atoms. The van der Waals surface area contributed by atoms with E-state index in [9.17, 15) is 17.6 Å². The van der Waals surface area contributed by atoms with Gasteiger partial charge in [0.25, 0.3) is 0 Å². The standard InChI is InChI=1S/C16H12ClF4N3O/c17-10-5-11(18)13(6-14(10)25-9-3-1-2-4-9)24-8-23-12(7-22)15(24)16(19,20)21/h5-6,8-9H,1-4H2. The van der Waals surface area contributed by atoms with Gasteiger partial charge in [-0.25, -0.2) is 9.37 Å². The molecule has 2 aromatic rings. The van der Waals surface area contributed by atoms with E-state index in [2.05, 4.69) is 4.98 Å². The molecule has 1 saturated carbocycles. The molecule has 1 aliphatic carbocycles. The second kappa shape index (κ2) is 6.56. The first-order valence-electron chi connectivity index (χ1n) is 7.52. The Hall–Kier alpha value is -2.27. The summed E-state index contributed by atoms with van der Waals surface area (Å²) in [6.07, 6.45) is -0.632. The number of hydrogen-bond acceptors (Lipinski definition) is 3. The van der Waals surface area contributed by atoms with Gasteiger partial charge in [-0.05, 0) is 31.7 Å². The van der Waals surface area contributed by atoms with Crippen molar-refractivity contribution in [2.75, 3.05) is 0 Å². The molecule has 132 valence electrons. The summed E-state index contributed by atoms with van der Waals surface area (Å²) in [4.78, 5) is 3.42. The highest BCUT2D eigenvalue weighted by Gasteiger charge is 2.39. The Morgan fingerprint density at radius 3 is 2.56 bits per heavy atom. The minimum absolute atomic E-state index is 0.0256. The SMILES string of the molecule is N#Cc1ncn(-c2cc(OC3CCCC3)c(Cl)cc2F)c1C(F)(F)F. The van der Waals surface area contributed by atoms with Crippen LogP contribution in [0.2, 0.25) is 5.02 Å². The van der Waals surface area contributed by atoms with E-state index in [0.717, 1.165) is 44.1 Å². The van der Waals surface area contributed by atoms with Crippen LogP contribution in [0.1, 0.15) is 37.1 Å². The minimum atomic E-state index is -4.87. The third kappa shape index (κ3) is 3.42. The average molecular weight is 374 g/mol. The predicted octanol–water partition coefficient (Wildman–Crippen LogP) is 4.88. The number of ether oxygens (including phenoxy) is 1. The monoisotopic (exact) mass is 373 g/mol. The number of imidazole rings is 1. The van der Waals surface area contributed by atoms with Gasteiger partial charge in [0.2, 0.25) is 0 Å². The molecule has 0 unspecified atom stereocenters. The van der Waals surface area contributed by atoms with E-state index in [0.29, 0.717) is 4.57 Å². The van der Waals surface area contributed by atoms with Crippen LogP contribution in [0, 0.1) is 17.1 Å². The number of aromatic nitrogens is 2. The number of hydrogen-bond donors (Lipinski definition) is 0. The fourth-order valence-corrected chi connectivity index (χ4v) is 3.06. The van der Waals surface area contributed by atoms with Crippen molar-refractivity contribution in [2.45, 2.75) is 38.0 Å². The number of benzene rings is 1. The molecule has 1 fully saturated rings. The summed E-state index contributed by atoms with van der Waals surface area (Å²) < 4.78 is 60.3. The first-order valence-corrected chi connectivity index (χ1v) is 7.89. The summed E-state index contributed by atoms with van der Waals surface area (Å²) in [5.74, 6) is -0.874. The molecule has 1 heterocycles. The van der Waals surface area contributed by atoms with Crippen molar-refractivity contribution in [1.82, 2.24) is 9.55 Å². The van der Waals surface area contributed by atoms with Crippen LogP contribution in [-0.4, -0.2) is 15.7 Å². The van der Waals surface area contributed by atoms with E-state index in [1.165, 1.54) is 6.07 Å². The predicted molar refractivity (Wildman–Crippen MR) is 81.1 cm³/mol. The molecule has 0 atom stereocenters. The smallest absolute Gasteiger partial charge is 0.434 e. The molecule has 3 rings (SSSR count). The summed E-state index contributed by atoms with van der Waals surface area (Å²) in [6, 6.07) is 3.37. The Morgan fingerprint density at radius 2 is 1.96 bits per heavy atom. The van der Waals surface area contributed by atoms with E-state index < -0.39 is 29.1 Å². The Morgan fingerprint density at radius 1 is 1.28 bits per heavy atom. The molecule has 0 spiro atoms. The van der Waals surface area contributed by atoms with Gasteiger partial charge in [-0.2, -0.15) is 18.4 Å². The molecule has 1 aliphatic rings. The second-order valence-corrected chi connectivity index (χ2v) is 6.09. The molecule has 0 aliphatic heterocycles. The molecule has 0 saturated heterocycles. The van der Waals surface area contributed by atoms with Crippen LogP contribution in [-0.2, 0) is 6.18 Å². The van der Waals surface area contributed by atoms with Gasteiger partial charge in [0.05, 0.1) is 16.8 Å². The Balaban J connectivity index is 2.09. The molecule has 9 heteroatoms. The van der Waals surface area contributed by atoms with Gasteiger partial charge in [-0.1, -0.05) is 11.6 Å². The minimum Gasteiger partial charge on any atom is -0.489 e. The number of nitrogens with zero attached hydrogens (tertiary/aromatic N) is 3.